The molecule has 186 valence electrons. The van der Waals surface area contributed by atoms with Crippen LogP contribution in [-0.2, 0) is 0 Å². The van der Waals surface area contributed by atoms with E-state index in [1.165, 1.54) is 12.1 Å². The molecule has 8 nitrogen and oxygen atoms in total. The molecule has 2 N–H and O–H groups in total. The van der Waals surface area contributed by atoms with Crippen LogP contribution in [-0.4, -0.2) is 54.8 Å². The van der Waals surface area contributed by atoms with Gasteiger partial charge in [0, 0.05) is 44.1 Å². The number of anilines is 5. The maximum atomic E-state index is 13.6. The van der Waals surface area contributed by atoms with Crippen LogP contribution in [0.15, 0.2) is 42.5 Å². The number of ether oxygens (including phenoxy) is 1. The molecule has 1 aliphatic heterocycles. The topological polar surface area (TPSA) is 78.4 Å². The molecule has 0 aliphatic carbocycles. The van der Waals surface area contributed by atoms with E-state index in [1.807, 2.05) is 12.1 Å². The first-order chi connectivity index (χ1) is 17.1. The summed E-state index contributed by atoms with van der Waals surface area (Å²) in [7, 11) is 1.67. The van der Waals surface area contributed by atoms with Crippen LogP contribution in [0, 0.1) is 5.82 Å². The summed E-state index contributed by atoms with van der Waals surface area (Å²) in [5.41, 5.74) is 1.77. The fraction of sp³-hybridized carbons (Fsp3) is 0.400. The standard InChI is InChI=1S/C25H31ClFN7O/c1-3-4-5-12-28-23-30-24(29-18-6-11-22(27)21(26)17-18)32-25(31-23)34-15-13-33(14-16-34)19-7-9-20(35-2)10-8-19/h6-11,17H,3-5,12-16H2,1-2H3,(H2,28,29,30,31,32). The lowest BCUT2D eigenvalue weighted by atomic mass is 10.2. The Morgan fingerprint density at radius 3 is 2.34 bits per heavy atom. The molecule has 2 heterocycles. The number of halogens is 2. The number of hydrogen-bond acceptors (Lipinski definition) is 8. The molecule has 0 saturated carbocycles. The summed E-state index contributed by atoms with van der Waals surface area (Å²) in [4.78, 5) is 18.3. The monoisotopic (exact) mass is 499 g/mol. The van der Waals surface area contributed by atoms with Gasteiger partial charge in [-0.25, -0.2) is 4.39 Å². The van der Waals surface area contributed by atoms with Gasteiger partial charge in [-0.05, 0) is 48.9 Å². The Morgan fingerprint density at radius 1 is 0.943 bits per heavy atom. The van der Waals surface area contributed by atoms with Gasteiger partial charge < -0.3 is 25.2 Å². The van der Waals surface area contributed by atoms with Gasteiger partial charge >= 0.3 is 0 Å². The fourth-order valence-electron chi connectivity index (χ4n) is 3.88. The maximum absolute atomic E-state index is 13.6. The molecule has 0 radical (unpaired) electrons. The Bertz CT molecular complexity index is 1110. The summed E-state index contributed by atoms with van der Waals surface area (Å²) in [6.07, 6.45) is 3.31. The Kier molecular flexibility index (Phi) is 8.41. The smallest absolute Gasteiger partial charge is 0.233 e. The van der Waals surface area contributed by atoms with Crippen molar-refractivity contribution < 1.29 is 9.13 Å². The van der Waals surface area contributed by atoms with Crippen molar-refractivity contribution in [2.45, 2.75) is 26.2 Å². The van der Waals surface area contributed by atoms with Gasteiger partial charge in [0.05, 0.1) is 12.1 Å². The van der Waals surface area contributed by atoms with Crippen LogP contribution in [0.25, 0.3) is 0 Å². The summed E-state index contributed by atoms with van der Waals surface area (Å²) in [6, 6.07) is 12.5. The van der Waals surface area contributed by atoms with E-state index in [2.05, 4.69) is 54.4 Å². The van der Waals surface area contributed by atoms with Gasteiger partial charge in [0.25, 0.3) is 0 Å². The second-order valence-corrected chi connectivity index (χ2v) is 8.75. The highest BCUT2D eigenvalue weighted by molar-refractivity contribution is 6.31. The average molecular weight is 500 g/mol. The highest BCUT2D eigenvalue weighted by Gasteiger charge is 2.21. The predicted octanol–water partition coefficient (Wildman–Crippen LogP) is 5.35. The van der Waals surface area contributed by atoms with E-state index in [-0.39, 0.29) is 5.02 Å². The minimum Gasteiger partial charge on any atom is -0.497 e. The van der Waals surface area contributed by atoms with Crippen molar-refractivity contribution in [3.05, 3.63) is 53.3 Å². The Labute approximate surface area is 210 Å². The van der Waals surface area contributed by atoms with E-state index in [4.69, 9.17) is 16.3 Å². The molecule has 0 unspecified atom stereocenters. The summed E-state index contributed by atoms with van der Waals surface area (Å²) in [5.74, 6) is 1.87. The van der Waals surface area contributed by atoms with Crippen molar-refractivity contribution in [3.63, 3.8) is 0 Å². The lowest BCUT2D eigenvalue weighted by Gasteiger charge is -2.36. The lowest BCUT2D eigenvalue weighted by Crippen LogP contribution is -2.47. The zero-order chi connectivity index (χ0) is 24.6. The SMILES string of the molecule is CCCCCNc1nc(Nc2ccc(F)c(Cl)c2)nc(N2CCN(c3ccc(OC)cc3)CC2)n1. The molecule has 1 aliphatic rings. The van der Waals surface area contributed by atoms with Gasteiger partial charge in [-0.1, -0.05) is 31.4 Å². The van der Waals surface area contributed by atoms with Gasteiger partial charge in [-0.3, -0.25) is 0 Å². The third-order valence-electron chi connectivity index (χ3n) is 5.86. The molecule has 2 aromatic carbocycles. The van der Waals surface area contributed by atoms with Crippen LogP contribution in [0.1, 0.15) is 26.2 Å². The minimum atomic E-state index is -0.471. The number of methoxy groups -OCH3 is 1. The third-order valence-corrected chi connectivity index (χ3v) is 6.15. The number of benzene rings is 2. The number of nitrogens with one attached hydrogen (secondary N) is 2. The molecule has 4 rings (SSSR count). The largest absolute Gasteiger partial charge is 0.497 e. The van der Waals surface area contributed by atoms with Crippen LogP contribution >= 0.6 is 11.6 Å². The van der Waals surface area contributed by atoms with Crippen molar-refractivity contribution in [1.82, 2.24) is 15.0 Å². The van der Waals surface area contributed by atoms with Crippen LogP contribution in [0.2, 0.25) is 5.02 Å². The molecular weight excluding hydrogens is 469 g/mol. The molecule has 0 bridgehead atoms. The summed E-state index contributed by atoms with van der Waals surface area (Å²) in [5, 5.41) is 6.49. The lowest BCUT2D eigenvalue weighted by molar-refractivity contribution is 0.415. The number of unbranched alkanes of at least 4 members (excludes halogenated alkanes) is 2. The molecular formula is C25H31ClFN7O. The molecule has 10 heteroatoms. The molecule has 1 fully saturated rings. The summed E-state index contributed by atoms with van der Waals surface area (Å²) < 4.78 is 18.8. The summed E-state index contributed by atoms with van der Waals surface area (Å²) >= 11 is 5.94. The van der Waals surface area contributed by atoms with E-state index < -0.39 is 5.82 Å². The first-order valence-corrected chi connectivity index (χ1v) is 12.3. The Balaban J connectivity index is 1.48. The molecule has 0 atom stereocenters. The fourth-order valence-corrected chi connectivity index (χ4v) is 4.06. The van der Waals surface area contributed by atoms with Crippen molar-refractivity contribution >= 4 is 40.8 Å². The van der Waals surface area contributed by atoms with E-state index in [1.54, 1.807) is 13.2 Å². The van der Waals surface area contributed by atoms with Crippen LogP contribution < -0.4 is 25.2 Å². The zero-order valence-corrected chi connectivity index (χ0v) is 20.9. The molecule has 0 spiro atoms. The molecule has 35 heavy (non-hydrogen) atoms. The van der Waals surface area contributed by atoms with Gasteiger partial charge in [0.15, 0.2) is 0 Å². The first kappa shape index (κ1) is 24.8. The number of hydrogen-bond donors (Lipinski definition) is 2. The molecule has 1 saturated heterocycles. The molecule has 1 aromatic heterocycles. The highest BCUT2D eigenvalue weighted by atomic mass is 35.5. The van der Waals surface area contributed by atoms with E-state index in [0.717, 1.165) is 63.4 Å². The van der Waals surface area contributed by atoms with Crippen molar-refractivity contribution in [3.8, 4) is 5.75 Å². The number of nitrogens with zero attached hydrogens (tertiary/aromatic N) is 5. The average Bonchev–Trinajstić information content (AvgIpc) is 2.89. The van der Waals surface area contributed by atoms with E-state index in [0.29, 0.717) is 23.5 Å². The second kappa shape index (κ2) is 11.9. The van der Waals surface area contributed by atoms with Crippen molar-refractivity contribution in [1.29, 1.82) is 0 Å². The van der Waals surface area contributed by atoms with Gasteiger partial charge in [-0.2, -0.15) is 15.0 Å². The number of piperazine rings is 1. The Morgan fingerprint density at radius 2 is 1.66 bits per heavy atom. The summed E-state index contributed by atoms with van der Waals surface area (Å²) in [6.45, 7) is 6.17. The van der Waals surface area contributed by atoms with Crippen LogP contribution in [0.4, 0.5) is 33.6 Å². The zero-order valence-electron chi connectivity index (χ0n) is 20.1. The second-order valence-electron chi connectivity index (χ2n) is 8.34. The van der Waals surface area contributed by atoms with Gasteiger partial charge in [0.1, 0.15) is 11.6 Å². The maximum Gasteiger partial charge on any atom is 0.233 e. The Hall–Kier alpha value is -3.33. The normalized spacial score (nSPS) is 13.6. The van der Waals surface area contributed by atoms with Crippen molar-refractivity contribution in [2.75, 3.05) is 60.3 Å². The minimum absolute atomic E-state index is 0.0387. The van der Waals surface area contributed by atoms with Crippen molar-refractivity contribution in [2.24, 2.45) is 0 Å². The van der Waals surface area contributed by atoms with Crippen LogP contribution in [0.3, 0.4) is 0 Å². The predicted molar refractivity (Wildman–Crippen MR) is 140 cm³/mol. The molecule has 0 amide bonds. The highest BCUT2D eigenvalue weighted by Crippen LogP contribution is 2.25. The van der Waals surface area contributed by atoms with Crippen LogP contribution in [0.5, 0.6) is 5.75 Å². The number of rotatable bonds is 10. The molecule has 3 aromatic rings. The van der Waals surface area contributed by atoms with E-state index in [9.17, 15) is 4.39 Å². The van der Waals surface area contributed by atoms with Gasteiger partial charge in [-0.15, -0.1) is 0 Å². The first-order valence-electron chi connectivity index (χ1n) is 11.9. The van der Waals surface area contributed by atoms with Gasteiger partial charge in [0.2, 0.25) is 17.8 Å². The quantitative estimate of drug-likeness (QED) is 0.362. The number of aromatic nitrogens is 3. The van der Waals surface area contributed by atoms with E-state index >= 15 is 0 Å². The third kappa shape index (κ3) is 6.63.